The largest absolute Gasteiger partial charge is 0.468 e. The average molecular weight is 394 g/mol. The molecule has 0 spiro atoms. The maximum atomic E-state index is 12.3. The molecule has 1 saturated heterocycles. The van der Waals surface area contributed by atoms with Crippen LogP contribution in [0, 0.1) is 0 Å². The first-order valence-corrected chi connectivity index (χ1v) is 9.73. The van der Waals surface area contributed by atoms with E-state index in [9.17, 15) is 9.59 Å². The van der Waals surface area contributed by atoms with E-state index >= 15 is 0 Å². The summed E-state index contributed by atoms with van der Waals surface area (Å²) in [6, 6.07) is 7.43. The lowest BCUT2D eigenvalue weighted by Gasteiger charge is -2.28. The van der Waals surface area contributed by atoms with Crippen LogP contribution in [0.2, 0.25) is 0 Å². The molecule has 1 aromatic heterocycles. The van der Waals surface area contributed by atoms with Crippen LogP contribution >= 0.6 is 23.1 Å². The van der Waals surface area contributed by atoms with Crippen molar-refractivity contribution in [1.29, 1.82) is 0 Å². The fourth-order valence-electron chi connectivity index (χ4n) is 2.31. The van der Waals surface area contributed by atoms with Gasteiger partial charge in [-0.15, -0.1) is 10.2 Å². The number of methoxy groups -OCH3 is 1. The molecule has 1 aromatic carbocycles. The van der Waals surface area contributed by atoms with E-state index in [2.05, 4.69) is 25.2 Å². The second kappa shape index (κ2) is 8.97. The summed E-state index contributed by atoms with van der Waals surface area (Å²) < 4.78 is 10.5. The van der Waals surface area contributed by atoms with Crippen LogP contribution in [-0.4, -0.2) is 61.2 Å². The van der Waals surface area contributed by atoms with Gasteiger partial charge in [0.05, 0.1) is 26.1 Å². The zero-order valence-corrected chi connectivity index (χ0v) is 15.8. The van der Waals surface area contributed by atoms with Gasteiger partial charge in [-0.2, -0.15) is 0 Å². The number of hydrogen-bond donors (Lipinski definition) is 1. The molecule has 1 fully saturated rings. The molecule has 1 N–H and O–H groups in total. The summed E-state index contributed by atoms with van der Waals surface area (Å²) in [7, 11) is 1.33. The van der Waals surface area contributed by atoms with Crippen LogP contribution in [0.5, 0.6) is 0 Å². The zero-order valence-electron chi connectivity index (χ0n) is 14.1. The van der Waals surface area contributed by atoms with Crippen LogP contribution in [-0.2, 0) is 14.3 Å². The topological polar surface area (TPSA) is 93.7 Å². The summed E-state index contributed by atoms with van der Waals surface area (Å²) in [5.41, 5.74) is 1.61. The Balaban J connectivity index is 1.56. The van der Waals surface area contributed by atoms with Gasteiger partial charge in [-0.25, -0.2) is 0 Å². The summed E-state index contributed by atoms with van der Waals surface area (Å²) >= 11 is 2.43. The van der Waals surface area contributed by atoms with Crippen LogP contribution in [0.4, 0.5) is 10.8 Å². The van der Waals surface area contributed by atoms with Crippen LogP contribution in [0.1, 0.15) is 10.4 Å². The quantitative estimate of drug-likeness (QED) is 0.451. The molecule has 0 unspecified atom stereocenters. The third kappa shape index (κ3) is 4.93. The van der Waals surface area contributed by atoms with Gasteiger partial charge in [0.25, 0.3) is 5.91 Å². The van der Waals surface area contributed by atoms with Gasteiger partial charge in [0.15, 0.2) is 4.34 Å². The number of ether oxygens (including phenoxy) is 2. The van der Waals surface area contributed by atoms with Gasteiger partial charge >= 0.3 is 5.97 Å². The van der Waals surface area contributed by atoms with E-state index in [1.807, 2.05) is 12.1 Å². The van der Waals surface area contributed by atoms with Crippen molar-refractivity contribution in [3.8, 4) is 0 Å². The van der Waals surface area contributed by atoms with E-state index in [1.165, 1.54) is 30.2 Å². The molecule has 138 valence electrons. The number of rotatable bonds is 6. The summed E-state index contributed by atoms with van der Waals surface area (Å²) in [6.07, 6.45) is 0. The van der Waals surface area contributed by atoms with Crippen LogP contribution in [0.25, 0.3) is 0 Å². The predicted molar refractivity (Wildman–Crippen MR) is 100 cm³/mol. The number of nitrogens with zero attached hydrogens (tertiary/aromatic N) is 3. The van der Waals surface area contributed by atoms with Crippen molar-refractivity contribution in [2.24, 2.45) is 0 Å². The normalized spacial score (nSPS) is 14.1. The number of nitrogens with one attached hydrogen (secondary N) is 1. The standard InChI is InChI=1S/C16H18N4O4S2/c1-23-13(21)10-25-16-19-18-15(26-16)17-14(22)11-2-4-12(5-3-11)20-6-8-24-9-7-20/h2-5H,6-10H2,1H3,(H,17,18,22). The predicted octanol–water partition coefficient (Wildman–Crippen LogP) is 1.89. The molecule has 1 amide bonds. The minimum absolute atomic E-state index is 0.155. The van der Waals surface area contributed by atoms with E-state index in [1.54, 1.807) is 12.1 Å². The van der Waals surface area contributed by atoms with Crippen molar-refractivity contribution in [3.63, 3.8) is 0 Å². The van der Waals surface area contributed by atoms with Crippen molar-refractivity contribution in [2.75, 3.05) is 49.4 Å². The van der Waals surface area contributed by atoms with Crippen LogP contribution < -0.4 is 10.2 Å². The van der Waals surface area contributed by atoms with Gasteiger partial charge < -0.3 is 14.4 Å². The maximum absolute atomic E-state index is 12.3. The maximum Gasteiger partial charge on any atom is 0.316 e. The Morgan fingerprint density at radius 2 is 2.00 bits per heavy atom. The summed E-state index contributed by atoms with van der Waals surface area (Å²) in [5, 5.41) is 11.0. The number of carbonyl (C=O) groups is 2. The number of esters is 1. The van der Waals surface area contributed by atoms with Crippen LogP contribution in [0.15, 0.2) is 28.6 Å². The molecule has 3 rings (SSSR count). The summed E-state index contributed by atoms with van der Waals surface area (Å²) in [4.78, 5) is 25.7. The highest BCUT2D eigenvalue weighted by molar-refractivity contribution is 8.01. The Kier molecular flexibility index (Phi) is 6.42. The summed E-state index contributed by atoms with van der Waals surface area (Å²) in [6.45, 7) is 3.13. The highest BCUT2D eigenvalue weighted by atomic mass is 32.2. The zero-order chi connectivity index (χ0) is 18.4. The lowest BCUT2D eigenvalue weighted by atomic mass is 10.2. The molecule has 2 heterocycles. The summed E-state index contributed by atoms with van der Waals surface area (Å²) in [5.74, 6) is -0.433. The molecule has 1 aliphatic heterocycles. The van der Waals surface area contributed by atoms with E-state index in [0.29, 0.717) is 15.0 Å². The fraction of sp³-hybridized carbons (Fsp3) is 0.375. The number of aromatic nitrogens is 2. The molecule has 2 aromatic rings. The Hall–Kier alpha value is -2.17. The first kappa shape index (κ1) is 18.6. The van der Waals surface area contributed by atoms with Gasteiger partial charge in [0.1, 0.15) is 0 Å². The molecule has 0 bridgehead atoms. The van der Waals surface area contributed by atoms with Crippen molar-refractivity contribution in [3.05, 3.63) is 29.8 Å². The lowest BCUT2D eigenvalue weighted by Crippen LogP contribution is -2.36. The van der Waals surface area contributed by atoms with Crippen molar-refractivity contribution in [2.45, 2.75) is 4.34 Å². The lowest BCUT2D eigenvalue weighted by molar-refractivity contribution is -0.137. The van der Waals surface area contributed by atoms with Crippen molar-refractivity contribution >= 4 is 45.8 Å². The van der Waals surface area contributed by atoms with Crippen molar-refractivity contribution in [1.82, 2.24) is 10.2 Å². The molecule has 0 saturated carbocycles. The number of amides is 1. The SMILES string of the molecule is COC(=O)CSc1nnc(NC(=O)c2ccc(N3CCOCC3)cc2)s1. The second-order valence-electron chi connectivity index (χ2n) is 5.34. The second-order valence-corrected chi connectivity index (χ2v) is 7.54. The Morgan fingerprint density at radius 3 is 2.69 bits per heavy atom. The van der Waals surface area contributed by atoms with Gasteiger partial charge in [0, 0.05) is 24.3 Å². The molecule has 0 aliphatic carbocycles. The molecule has 0 radical (unpaired) electrons. The molecule has 1 aliphatic rings. The van der Waals surface area contributed by atoms with E-state index in [4.69, 9.17) is 4.74 Å². The first-order chi connectivity index (χ1) is 12.7. The molecule has 10 heteroatoms. The number of morpholine rings is 1. The fourth-order valence-corrected chi connectivity index (χ4v) is 3.89. The van der Waals surface area contributed by atoms with Gasteiger partial charge in [-0.1, -0.05) is 23.1 Å². The average Bonchev–Trinajstić information content (AvgIpc) is 3.14. The minimum atomic E-state index is -0.337. The Labute approximate surface area is 158 Å². The smallest absolute Gasteiger partial charge is 0.316 e. The third-order valence-corrected chi connectivity index (χ3v) is 5.62. The Bertz CT molecular complexity index is 760. The number of benzene rings is 1. The van der Waals surface area contributed by atoms with E-state index < -0.39 is 0 Å². The molecule has 8 nitrogen and oxygen atoms in total. The molecule has 26 heavy (non-hydrogen) atoms. The molecular formula is C16H18N4O4S2. The monoisotopic (exact) mass is 394 g/mol. The van der Waals surface area contributed by atoms with Crippen molar-refractivity contribution < 1.29 is 19.1 Å². The van der Waals surface area contributed by atoms with E-state index in [-0.39, 0.29) is 17.6 Å². The van der Waals surface area contributed by atoms with Crippen LogP contribution in [0.3, 0.4) is 0 Å². The van der Waals surface area contributed by atoms with Gasteiger partial charge in [-0.3, -0.25) is 14.9 Å². The molecule has 0 atom stereocenters. The van der Waals surface area contributed by atoms with E-state index in [0.717, 1.165) is 32.0 Å². The van der Waals surface area contributed by atoms with Gasteiger partial charge in [-0.05, 0) is 24.3 Å². The number of anilines is 2. The third-order valence-electron chi connectivity index (χ3n) is 3.67. The number of hydrogen-bond acceptors (Lipinski definition) is 9. The highest BCUT2D eigenvalue weighted by Gasteiger charge is 2.14. The number of thioether (sulfide) groups is 1. The minimum Gasteiger partial charge on any atom is -0.468 e. The van der Waals surface area contributed by atoms with Gasteiger partial charge in [0.2, 0.25) is 5.13 Å². The molecular weight excluding hydrogens is 376 g/mol. The highest BCUT2D eigenvalue weighted by Crippen LogP contribution is 2.26. The Morgan fingerprint density at radius 1 is 1.27 bits per heavy atom. The number of carbonyl (C=O) groups excluding carboxylic acids is 2. The first-order valence-electron chi connectivity index (χ1n) is 7.93.